The van der Waals surface area contributed by atoms with Crippen LogP contribution in [0.1, 0.15) is 26.0 Å². The van der Waals surface area contributed by atoms with Crippen LogP contribution < -0.4 is 5.73 Å². The predicted octanol–water partition coefficient (Wildman–Crippen LogP) is 2.58. The smallest absolute Gasteiger partial charge is 0.140 e. The number of benzene rings is 1. The fourth-order valence-corrected chi connectivity index (χ4v) is 2.23. The Morgan fingerprint density at radius 1 is 1.29 bits per heavy atom. The maximum Gasteiger partial charge on any atom is 0.140 e. The zero-order valence-electron chi connectivity index (χ0n) is 12.5. The SMILES string of the molecule is CC(C)N(CCC(N)=NO)Cc1ccc2ccccc2n1. The maximum atomic E-state index is 8.63. The number of nitrogens with zero attached hydrogens (tertiary/aromatic N) is 3. The van der Waals surface area contributed by atoms with Crippen molar-refractivity contribution >= 4 is 16.7 Å². The van der Waals surface area contributed by atoms with Crippen molar-refractivity contribution in [2.24, 2.45) is 10.9 Å². The van der Waals surface area contributed by atoms with Crippen LogP contribution in [-0.2, 0) is 6.54 Å². The van der Waals surface area contributed by atoms with Gasteiger partial charge in [-0.2, -0.15) is 0 Å². The summed E-state index contributed by atoms with van der Waals surface area (Å²) >= 11 is 0. The lowest BCUT2D eigenvalue weighted by molar-refractivity contribution is 0.215. The van der Waals surface area contributed by atoms with Crippen LogP contribution >= 0.6 is 0 Å². The number of rotatable bonds is 6. The number of para-hydroxylation sites is 1. The highest BCUT2D eigenvalue weighted by Crippen LogP contribution is 2.14. The predicted molar refractivity (Wildman–Crippen MR) is 85.3 cm³/mol. The van der Waals surface area contributed by atoms with Crippen LogP contribution in [0.2, 0.25) is 0 Å². The molecule has 0 atom stereocenters. The van der Waals surface area contributed by atoms with Crippen LogP contribution in [0.4, 0.5) is 0 Å². The summed E-state index contributed by atoms with van der Waals surface area (Å²) in [6, 6.07) is 12.6. The minimum atomic E-state index is 0.257. The molecule has 1 heterocycles. The third-order valence-electron chi connectivity index (χ3n) is 3.54. The number of aromatic nitrogens is 1. The van der Waals surface area contributed by atoms with Crippen LogP contribution in [0.25, 0.3) is 10.9 Å². The van der Waals surface area contributed by atoms with Crippen molar-refractivity contribution < 1.29 is 5.21 Å². The van der Waals surface area contributed by atoms with Gasteiger partial charge in [-0.1, -0.05) is 29.4 Å². The molecule has 2 aromatic rings. The summed E-state index contributed by atoms with van der Waals surface area (Å²) in [7, 11) is 0. The highest BCUT2D eigenvalue weighted by molar-refractivity contribution is 5.79. The molecule has 1 aromatic carbocycles. The van der Waals surface area contributed by atoms with E-state index in [9.17, 15) is 0 Å². The van der Waals surface area contributed by atoms with Gasteiger partial charge in [0.15, 0.2) is 0 Å². The lowest BCUT2D eigenvalue weighted by atomic mass is 10.2. The van der Waals surface area contributed by atoms with E-state index < -0.39 is 0 Å². The van der Waals surface area contributed by atoms with E-state index in [1.807, 2.05) is 18.2 Å². The highest BCUT2D eigenvalue weighted by Gasteiger charge is 2.12. The van der Waals surface area contributed by atoms with Crippen LogP contribution in [-0.4, -0.2) is 33.5 Å². The fourth-order valence-electron chi connectivity index (χ4n) is 2.23. The number of hydrogen-bond acceptors (Lipinski definition) is 4. The van der Waals surface area contributed by atoms with E-state index in [0.29, 0.717) is 12.5 Å². The average Bonchev–Trinajstić information content (AvgIpc) is 2.50. The first kappa shape index (κ1) is 15.3. The Kier molecular flexibility index (Phi) is 5.11. The third kappa shape index (κ3) is 4.16. The Hall–Kier alpha value is -2.14. The molecule has 2 rings (SSSR count). The highest BCUT2D eigenvalue weighted by atomic mass is 16.4. The standard InChI is InChI=1S/C16H22N4O/c1-12(2)20(10-9-16(17)19-21)11-14-8-7-13-5-3-4-6-15(13)18-14/h3-8,12,21H,9-11H2,1-2H3,(H2,17,19). The van der Waals surface area contributed by atoms with Gasteiger partial charge in [-0.05, 0) is 26.0 Å². The third-order valence-corrected chi connectivity index (χ3v) is 3.54. The van der Waals surface area contributed by atoms with Crippen LogP contribution in [0, 0.1) is 0 Å². The van der Waals surface area contributed by atoms with Gasteiger partial charge in [-0.25, -0.2) is 0 Å². The van der Waals surface area contributed by atoms with E-state index in [4.69, 9.17) is 15.9 Å². The molecule has 0 amide bonds. The minimum Gasteiger partial charge on any atom is -0.409 e. The normalized spacial score (nSPS) is 12.5. The van der Waals surface area contributed by atoms with Gasteiger partial charge in [-0.3, -0.25) is 9.88 Å². The second kappa shape index (κ2) is 7.04. The summed E-state index contributed by atoms with van der Waals surface area (Å²) in [4.78, 5) is 6.95. The molecule has 0 spiro atoms. The molecule has 1 aromatic heterocycles. The van der Waals surface area contributed by atoms with E-state index in [-0.39, 0.29) is 5.84 Å². The molecule has 0 saturated carbocycles. The fraction of sp³-hybridized carbons (Fsp3) is 0.375. The van der Waals surface area contributed by atoms with E-state index in [1.54, 1.807) is 0 Å². The zero-order chi connectivity index (χ0) is 15.2. The van der Waals surface area contributed by atoms with Gasteiger partial charge < -0.3 is 10.9 Å². The molecule has 0 bridgehead atoms. The number of hydrogen-bond donors (Lipinski definition) is 2. The first-order valence-electron chi connectivity index (χ1n) is 7.15. The molecular formula is C16H22N4O. The molecule has 112 valence electrons. The van der Waals surface area contributed by atoms with Crippen molar-refractivity contribution in [3.8, 4) is 0 Å². The first-order chi connectivity index (χ1) is 10.1. The quantitative estimate of drug-likeness (QED) is 0.370. The lowest BCUT2D eigenvalue weighted by Gasteiger charge is -2.25. The second-order valence-corrected chi connectivity index (χ2v) is 5.40. The molecule has 0 unspecified atom stereocenters. The van der Waals surface area contributed by atoms with Gasteiger partial charge in [0.1, 0.15) is 5.84 Å². The Labute approximate surface area is 125 Å². The number of pyridine rings is 1. The Morgan fingerprint density at radius 3 is 2.76 bits per heavy atom. The molecule has 5 heteroatoms. The van der Waals surface area contributed by atoms with Crippen LogP contribution in [0.3, 0.4) is 0 Å². The molecule has 0 radical (unpaired) electrons. The Bertz CT molecular complexity index is 624. The Balaban J connectivity index is 2.11. The van der Waals surface area contributed by atoms with Crippen molar-refractivity contribution in [3.05, 3.63) is 42.1 Å². The average molecular weight is 286 g/mol. The van der Waals surface area contributed by atoms with Gasteiger partial charge in [0.25, 0.3) is 0 Å². The molecule has 0 fully saturated rings. The summed E-state index contributed by atoms with van der Waals surface area (Å²) in [5, 5.41) is 12.8. The second-order valence-electron chi connectivity index (χ2n) is 5.40. The van der Waals surface area contributed by atoms with Gasteiger partial charge >= 0.3 is 0 Å². The molecule has 0 saturated heterocycles. The summed E-state index contributed by atoms with van der Waals surface area (Å²) in [5.41, 5.74) is 7.59. The molecule has 0 aliphatic heterocycles. The van der Waals surface area contributed by atoms with Gasteiger partial charge in [0, 0.05) is 30.9 Å². The van der Waals surface area contributed by atoms with E-state index >= 15 is 0 Å². The monoisotopic (exact) mass is 286 g/mol. The van der Waals surface area contributed by atoms with Crippen molar-refractivity contribution in [2.75, 3.05) is 6.54 Å². The minimum absolute atomic E-state index is 0.257. The summed E-state index contributed by atoms with van der Waals surface area (Å²) < 4.78 is 0. The molecule has 3 N–H and O–H groups in total. The zero-order valence-corrected chi connectivity index (χ0v) is 12.5. The molecule has 5 nitrogen and oxygen atoms in total. The van der Waals surface area contributed by atoms with Crippen LogP contribution in [0.5, 0.6) is 0 Å². The number of nitrogens with two attached hydrogens (primary N) is 1. The van der Waals surface area contributed by atoms with Gasteiger partial charge in [0.05, 0.1) is 11.2 Å². The lowest BCUT2D eigenvalue weighted by Crippen LogP contribution is -2.33. The summed E-state index contributed by atoms with van der Waals surface area (Å²) in [6.07, 6.45) is 0.544. The molecule has 0 aliphatic carbocycles. The molecule has 21 heavy (non-hydrogen) atoms. The maximum absolute atomic E-state index is 8.63. The van der Waals surface area contributed by atoms with Gasteiger partial charge in [0.2, 0.25) is 0 Å². The van der Waals surface area contributed by atoms with Crippen molar-refractivity contribution in [2.45, 2.75) is 32.9 Å². The number of fused-ring (bicyclic) bond motifs is 1. The first-order valence-corrected chi connectivity index (χ1v) is 7.15. The molecular weight excluding hydrogens is 264 g/mol. The van der Waals surface area contributed by atoms with E-state index in [0.717, 1.165) is 29.7 Å². The van der Waals surface area contributed by atoms with Gasteiger partial charge in [-0.15, -0.1) is 0 Å². The Morgan fingerprint density at radius 2 is 2.05 bits per heavy atom. The molecule has 0 aliphatic rings. The number of amidine groups is 1. The topological polar surface area (TPSA) is 74.7 Å². The van der Waals surface area contributed by atoms with E-state index in [2.05, 4.69) is 42.1 Å². The van der Waals surface area contributed by atoms with Crippen molar-refractivity contribution in [3.63, 3.8) is 0 Å². The number of oxime groups is 1. The van der Waals surface area contributed by atoms with Crippen LogP contribution in [0.15, 0.2) is 41.6 Å². The van der Waals surface area contributed by atoms with E-state index in [1.165, 1.54) is 0 Å². The van der Waals surface area contributed by atoms with Crippen molar-refractivity contribution in [1.29, 1.82) is 0 Å². The van der Waals surface area contributed by atoms with Crippen molar-refractivity contribution in [1.82, 2.24) is 9.88 Å². The summed E-state index contributed by atoms with van der Waals surface area (Å²) in [5.74, 6) is 0.257. The largest absolute Gasteiger partial charge is 0.409 e. The summed E-state index contributed by atoms with van der Waals surface area (Å²) in [6.45, 7) is 5.75.